The second kappa shape index (κ2) is 7.72. The van der Waals surface area contributed by atoms with Crippen LogP contribution in [0.3, 0.4) is 0 Å². The third kappa shape index (κ3) is 3.46. The second-order valence-corrected chi connectivity index (χ2v) is 11.2. The molecule has 1 aliphatic heterocycles. The fourth-order valence-electron chi connectivity index (χ4n) is 3.73. The Balaban J connectivity index is 1.90. The van der Waals surface area contributed by atoms with E-state index in [1.807, 2.05) is 25.1 Å². The van der Waals surface area contributed by atoms with E-state index in [9.17, 15) is 16.8 Å². The Labute approximate surface area is 191 Å². The molecular formula is C24H17N3O4S2. The molecule has 1 aliphatic rings. The molecule has 4 aromatic rings. The Bertz CT molecular complexity index is 1650. The molecule has 33 heavy (non-hydrogen) atoms. The van der Waals surface area contributed by atoms with Crippen molar-refractivity contribution in [1.82, 2.24) is 9.97 Å². The van der Waals surface area contributed by atoms with Gasteiger partial charge in [-0.3, -0.25) is 0 Å². The molecule has 9 heteroatoms. The summed E-state index contributed by atoms with van der Waals surface area (Å²) in [6.45, 7) is 1.91. The number of nitrogens with zero attached hydrogens (tertiary/aromatic N) is 3. The van der Waals surface area contributed by atoms with Gasteiger partial charge < -0.3 is 0 Å². The van der Waals surface area contributed by atoms with Gasteiger partial charge in [0.15, 0.2) is 10.1 Å². The molecule has 0 radical (unpaired) electrons. The van der Waals surface area contributed by atoms with E-state index in [4.69, 9.17) is 0 Å². The molecule has 3 aromatic carbocycles. The maximum Gasteiger partial charge on any atom is 0.226 e. The van der Waals surface area contributed by atoms with E-state index in [0.717, 1.165) is 11.9 Å². The van der Waals surface area contributed by atoms with Gasteiger partial charge in [0.1, 0.15) is 12.0 Å². The summed E-state index contributed by atoms with van der Waals surface area (Å²) in [4.78, 5) is 12.6. The summed E-state index contributed by atoms with van der Waals surface area (Å²) in [6, 6.07) is 21.6. The van der Waals surface area contributed by atoms with E-state index in [0.29, 0.717) is 16.8 Å². The summed E-state index contributed by atoms with van der Waals surface area (Å²) in [5, 5.41) is -0.901. The first kappa shape index (κ1) is 21.2. The molecule has 0 N–H and O–H groups in total. The van der Waals surface area contributed by atoms with E-state index in [1.54, 1.807) is 42.5 Å². The Morgan fingerprint density at radius 2 is 1.55 bits per heavy atom. The molecule has 0 aliphatic carbocycles. The lowest BCUT2D eigenvalue weighted by atomic mass is 10.0. The van der Waals surface area contributed by atoms with Crippen LogP contribution >= 0.6 is 0 Å². The van der Waals surface area contributed by atoms with Crippen molar-refractivity contribution in [2.24, 2.45) is 4.99 Å². The third-order valence-corrected chi connectivity index (χ3v) is 8.71. The van der Waals surface area contributed by atoms with Crippen LogP contribution in [0.1, 0.15) is 16.7 Å². The summed E-state index contributed by atoms with van der Waals surface area (Å²) in [5.41, 5.74) is 1.99. The van der Waals surface area contributed by atoms with E-state index >= 15 is 0 Å². The normalized spacial score (nSPS) is 14.5. The van der Waals surface area contributed by atoms with E-state index in [1.165, 1.54) is 18.2 Å². The van der Waals surface area contributed by atoms with Crippen molar-refractivity contribution in [3.05, 3.63) is 102 Å². The summed E-state index contributed by atoms with van der Waals surface area (Å²) >= 11 is 0. The first-order valence-electron chi connectivity index (χ1n) is 9.95. The SMILES string of the molecule is Cc1cccc(C2=Nc3c(S(=O)(=O)c4ccccc4)ncnc3S(=O)(=O)c3ccccc32)c1. The van der Waals surface area contributed by atoms with Gasteiger partial charge in [-0.15, -0.1) is 0 Å². The van der Waals surface area contributed by atoms with Crippen LogP contribution in [0.25, 0.3) is 0 Å². The molecule has 0 saturated carbocycles. The first-order valence-corrected chi connectivity index (χ1v) is 12.9. The molecule has 0 saturated heterocycles. The average molecular weight is 476 g/mol. The van der Waals surface area contributed by atoms with Gasteiger partial charge >= 0.3 is 0 Å². The number of sulfone groups is 2. The molecule has 0 fully saturated rings. The maximum absolute atomic E-state index is 13.6. The molecule has 2 heterocycles. The maximum atomic E-state index is 13.6. The molecule has 0 unspecified atom stereocenters. The number of hydrogen-bond donors (Lipinski definition) is 0. The van der Waals surface area contributed by atoms with Crippen molar-refractivity contribution in [2.45, 2.75) is 26.8 Å². The molecule has 164 valence electrons. The number of rotatable bonds is 3. The third-order valence-electron chi connectivity index (χ3n) is 5.26. The minimum absolute atomic E-state index is 0.00534. The van der Waals surface area contributed by atoms with Crippen LogP contribution in [-0.2, 0) is 19.7 Å². The van der Waals surface area contributed by atoms with Gasteiger partial charge in [-0.25, -0.2) is 31.8 Å². The molecular weight excluding hydrogens is 458 g/mol. The first-order chi connectivity index (χ1) is 15.8. The predicted octanol–water partition coefficient (Wildman–Crippen LogP) is 3.93. The second-order valence-electron chi connectivity index (χ2n) is 7.48. The van der Waals surface area contributed by atoms with Crippen molar-refractivity contribution in [3.63, 3.8) is 0 Å². The molecule has 0 bridgehead atoms. The summed E-state index contributed by atoms with van der Waals surface area (Å²) in [6.07, 6.45) is 0.946. The van der Waals surface area contributed by atoms with Crippen LogP contribution in [0, 0.1) is 6.92 Å². The quantitative estimate of drug-likeness (QED) is 0.366. The Kier molecular flexibility index (Phi) is 4.95. The Morgan fingerprint density at radius 1 is 0.818 bits per heavy atom. The topological polar surface area (TPSA) is 106 Å². The monoisotopic (exact) mass is 475 g/mol. The van der Waals surface area contributed by atoms with Crippen LogP contribution in [0.2, 0.25) is 0 Å². The number of aryl methyl sites for hydroxylation is 1. The van der Waals surface area contributed by atoms with Crippen molar-refractivity contribution in [1.29, 1.82) is 0 Å². The summed E-state index contributed by atoms with van der Waals surface area (Å²) in [5.74, 6) is 0. The minimum Gasteiger partial charge on any atom is -0.242 e. The van der Waals surface area contributed by atoms with Crippen LogP contribution in [-0.4, -0.2) is 32.5 Å². The number of benzene rings is 3. The van der Waals surface area contributed by atoms with Crippen LogP contribution in [0.15, 0.2) is 110 Å². The Morgan fingerprint density at radius 3 is 2.30 bits per heavy atom. The number of hydrogen-bond acceptors (Lipinski definition) is 7. The van der Waals surface area contributed by atoms with Crippen molar-refractivity contribution in [3.8, 4) is 0 Å². The molecule has 1 aromatic heterocycles. The molecule has 5 rings (SSSR count). The van der Waals surface area contributed by atoms with Crippen molar-refractivity contribution in [2.75, 3.05) is 0 Å². The largest absolute Gasteiger partial charge is 0.242 e. The molecule has 0 atom stereocenters. The van der Waals surface area contributed by atoms with Gasteiger partial charge in [0.2, 0.25) is 19.7 Å². The fourth-order valence-corrected chi connectivity index (χ4v) is 6.62. The standard InChI is InChI=1S/C24H17N3O4S2/c1-16-8-7-9-17(14-16)21-19-12-5-6-13-20(19)33(30,31)24-22(27-21)23(25-15-26-24)32(28,29)18-10-3-2-4-11-18/h2-15H,1H3. The van der Waals surface area contributed by atoms with Crippen molar-refractivity contribution >= 4 is 31.1 Å². The smallest absolute Gasteiger partial charge is 0.226 e. The highest BCUT2D eigenvalue weighted by Gasteiger charge is 2.36. The van der Waals surface area contributed by atoms with E-state index in [2.05, 4.69) is 15.0 Å². The van der Waals surface area contributed by atoms with Gasteiger partial charge in [-0.05, 0) is 31.2 Å². The van der Waals surface area contributed by atoms with Gasteiger partial charge in [0.05, 0.1) is 15.5 Å². The zero-order chi connectivity index (χ0) is 23.2. The summed E-state index contributed by atoms with van der Waals surface area (Å²) in [7, 11) is -8.35. The van der Waals surface area contributed by atoms with Gasteiger partial charge in [-0.1, -0.05) is 60.2 Å². The van der Waals surface area contributed by atoms with Crippen LogP contribution in [0.5, 0.6) is 0 Å². The lowest BCUT2D eigenvalue weighted by Crippen LogP contribution is -2.11. The van der Waals surface area contributed by atoms with E-state index in [-0.39, 0.29) is 15.5 Å². The number of aliphatic imine (C=N–C) groups is 1. The van der Waals surface area contributed by atoms with Gasteiger partial charge in [0.25, 0.3) is 0 Å². The van der Waals surface area contributed by atoms with Gasteiger partial charge in [0, 0.05) is 11.1 Å². The molecule has 7 nitrogen and oxygen atoms in total. The minimum atomic E-state index is -4.18. The van der Waals surface area contributed by atoms with E-state index < -0.39 is 29.7 Å². The highest BCUT2D eigenvalue weighted by Crippen LogP contribution is 2.39. The van der Waals surface area contributed by atoms with Crippen LogP contribution < -0.4 is 0 Å². The fraction of sp³-hybridized carbons (Fsp3) is 0.0417. The Hall–Kier alpha value is -3.69. The van der Waals surface area contributed by atoms with Crippen molar-refractivity contribution < 1.29 is 16.8 Å². The number of fused-ring (bicyclic) bond motifs is 2. The lowest BCUT2D eigenvalue weighted by molar-refractivity contribution is 0.587. The zero-order valence-electron chi connectivity index (χ0n) is 17.4. The lowest BCUT2D eigenvalue weighted by Gasteiger charge is -2.10. The average Bonchev–Trinajstić information content (AvgIpc) is 2.92. The highest BCUT2D eigenvalue weighted by molar-refractivity contribution is 7.92. The molecule has 0 amide bonds. The van der Waals surface area contributed by atoms with Gasteiger partial charge in [-0.2, -0.15) is 0 Å². The zero-order valence-corrected chi connectivity index (χ0v) is 19.0. The van der Waals surface area contributed by atoms with Crippen LogP contribution in [0.4, 0.5) is 5.69 Å². The molecule has 0 spiro atoms. The predicted molar refractivity (Wildman–Crippen MR) is 122 cm³/mol. The summed E-state index contributed by atoms with van der Waals surface area (Å²) < 4.78 is 54.1. The highest BCUT2D eigenvalue weighted by atomic mass is 32.2. The number of aromatic nitrogens is 2.